The Balaban J connectivity index is 2.13. The van der Waals surface area contributed by atoms with E-state index in [4.69, 9.17) is 4.74 Å². The van der Waals surface area contributed by atoms with Gasteiger partial charge in [0.2, 0.25) is 5.91 Å². The van der Waals surface area contributed by atoms with Gasteiger partial charge in [-0.25, -0.2) is 4.79 Å². The van der Waals surface area contributed by atoms with Gasteiger partial charge in [-0.15, -0.1) is 11.3 Å². The minimum atomic E-state index is -0.738. The van der Waals surface area contributed by atoms with E-state index in [0.29, 0.717) is 17.7 Å². The molecule has 1 aromatic heterocycles. The standard InChI is InChI=1S/C13H13NO3S/c1-13(2)11-10(12(16)17-13)7(6-9(15)14-11)8-4-3-5-18-8/h3-5,7H,6H2,1-2H3,(H,14,15). The fourth-order valence-corrected chi connectivity index (χ4v) is 3.35. The normalized spacial score (nSPS) is 25.8. The van der Waals surface area contributed by atoms with Crippen molar-refractivity contribution < 1.29 is 14.3 Å². The van der Waals surface area contributed by atoms with Gasteiger partial charge < -0.3 is 10.1 Å². The molecule has 1 amide bonds. The van der Waals surface area contributed by atoms with Crippen molar-refractivity contribution in [3.8, 4) is 0 Å². The summed E-state index contributed by atoms with van der Waals surface area (Å²) in [7, 11) is 0. The fraction of sp³-hybridized carbons (Fsp3) is 0.385. The number of cyclic esters (lactones) is 1. The molecule has 0 radical (unpaired) electrons. The van der Waals surface area contributed by atoms with E-state index in [0.717, 1.165) is 4.88 Å². The highest BCUT2D eigenvalue weighted by molar-refractivity contribution is 7.10. The zero-order valence-electron chi connectivity index (χ0n) is 10.1. The molecule has 5 heteroatoms. The number of esters is 1. The second-order valence-electron chi connectivity index (χ2n) is 5.01. The van der Waals surface area contributed by atoms with Gasteiger partial charge in [-0.1, -0.05) is 6.07 Å². The number of carbonyl (C=O) groups excluding carboxylic acids is 2. The molecule has 2 aliphatic rings. The highest BCUT2D eigenvalue weighted by Crippen LogP contribution is 2.43. The number of ether oxygens (including phenoxy) is 1. The van der Waals surface area contributed by atoms with Gasteiger partial charge in [0.25, 0.3) is 0 Å². The van der Waals surface area contributed by atoms with Gasteiger partial charge in [-0.2, -0.15) is 0 Å². The molecule has 1 atom stereocenters. The summed E-state index contributed by atoms with van der Waals surface area (Å²) in [4.78, 5) is 24.8. The minimum absolute atomic E-state index is 0.0569. The van der Waals surface area contributed by atoms with Crippen LogP contribution in [0.1, 0.15) is 31.1 Å². The predicted molar refractivity (Wildman–Crippen MR) is 67.0 cm³/mol. The van der Waals surface area contributed by atoms with Crippen molar-refractivity contribution in [2.24, 2.45) is 0 Å². The largest absolute Gasteiger partial charge is 0.450 e. The molecule has 1 aromatic rings. The van der Waals surface area contributed by atoms with Gasteiger partial charge in [0.05, 0.1) is 11.3 Å². The van der Waals surface area contributed by atoms with Gasteiger partial charge in [0.1, 0.15) is 5.60 Å². The first kappa shape index (κ1) is 11.5. The molecule has 0 saturated heterocycles. The lowest BCUT2D eigenvalue weighted by molar-refractivity contribution is -0.144. The van der Waals surface area contributed by atoms with Gasteiger partial charge in [-0.05, 0) is 25.3 Å². The van der Waals surface area contributed by atoms with Crippen LogP contribution in [0, 0.1) is 0 Å². The SMILES string of the molecule is CC1(C)OC(=O)C2=C1NC(=O)CC2c1cccs1. The number of rotatable bonds is 1. The van der Waals surface area contributed by atoms with Crippen molar-refractivity contribution in [3.05, 3.63) is 33.7 Å². The first-order valence-electron chi connectivity index (χ1n) is 5.80. The topological polar surface area (TPSA) is 55.4 Å². The summed E-state index contributed by atoms with van der Waals surface area (Å²) in [6.07, 6.45) is 0.310. The van der Waals surface area contributed by atoms with E-state index in [1.807, 2.05) is 17.5 Å². The lowest BCUT2D eigenvalue weighted by Gasteiger charge is -2.26. The first-order valence-corrected chi connectivity index (χ1v) is 6.68. The summed E-state index contributed by atoms with van der Waals surface area (Å²) in [6.45, 7) is 3.59. The van der Waals surface area contributed by atoms with E-state index in [1.165, 1.54) is 0 Å². The second-order valence-corrected chi connectivity index (χ2v) is 5.99. The number of nitrogens with one attached hydrogen (secondary N) is 1. The monoisotopic (exact) mass is 263 g/mol. The quantitative estimate of drug-likeness (QED) is 0.788. The Morgan fingerprint density at radius 2 is 2.22 bits per heavy atom. The molecule has 3 heterocycles. The van der Waals surface area contributed by atoms with Crippen LogP contribution in [-0.4, -0.2) is 17.5 Å². The highest BCUT2D eigenvalue weighted by Gasteiger charge is 2.47. The summed E-state index contributed by atoms with van der Waals surface area (Å²) >= 11 is 1.56. The maximum atomic E-state index is 12.0. The third kappa shape index (κ3) is 1.58. The van der Waals surface area contributed by atoms with Crippen molar-refractivity contribution in [1.29, 1.82) is 0 Å². The molecule has 1 unspecified atom stereocenters. The second kappa shape index (κ2) is 3.68. The molecule has 0 aromatic carbocycles. The average Bonchev–Trinajstić information content (AvgIpc) is 2.86. The summed E-state index contributed by atoms with van der Waals surface area (Å²) < 4.78 is 5.35. The molecule has 2 aliphatic heterocycles. The Hall–Kier alpha value is -1.62. The Kier molecular flexibility index (Phi) is 2.35. The molecule has 0 bridgehead atoms. The Labute approximate surface area is 109 Å². The van der Waals surface area contributed by atoms with Gasteiger partial charge in [0, 0.05) is 17.2 Å². The third-order valence-electron chi connectivity index (χ3n) is 3.33. The molecule has 4 nitrogen and oxygen atoms in total. The molecule has 0 spiro atoms. The summed E-state index contributed by atoms with van der Waals surface area (Å²) in [5.74, 6) is -0.532. The first-order chi connectivity index (χ1) is 8.49. The van der Waals surface area contributed by atoms with Gasteiger partial charge >= 0.3 is 5.97 Å². The van der Waals surface area contributed by atoms with E-state index in [-0.39, 0.29) is 17.8 Å². The Bertz CT molecular complexity index is 557. The molecule has 94 valence electrons. The molecule has 18 heavy (non-hydrogen) atoms. The van der Waals surface area contributed by atoms with Crippen LogP contribution in [0.4, 0.5) is 0 Å². The maximum absolute atomic E-state index is 12.0. The molecule has 1 N–H and O–H groups in total. The predicted octanol–water partition coefficient (Wildman–Crippen LogP) is 1.94. The molecule has 0 aliphatic carbocycles. The van der Waals surface area contributed by atoms with Crippen molar-refractivity contribution >= 4 is 23.2 Å². The van der Waals surface area contributed by atoms with E-state index in [2.05, 4.69) is 5.32 Å². The van der Waals surface area contributed by atoms with Crippen LogP contribution in [-0.2, 0) is 14.3 Å². The van der Waals surface area contributed by atoms with E-state index >= 15 is 0 Å². The zero-order chi connectivity index (χ0) is 12.9. The fourth-order valence-electron chi connectivity index (χ4n) is 2.51. The van der Waals surface area contributed by atoms with Gasteiger partial charge in [-0.3, -0.25) is 4.79 Å². The smallest absolute Gasteiger partial charge is 0.337 e. The number of hydrogen-bond donors (Lipinski definition) is 1. The van der Waals surface area contributed by atoms with Crippen LogP contribution in [0.15, 0.2) is 28.8 Å². The summed E-state index contributed by atoms with van der Waals surface area (Å²) in [5, 5.41) is 4.74. The van der Waals surface area contributed by atoms with Crippen molar-refractivity contribution in [1.82, 2.24) is 5.32 Å². The number of amides is 1. The number of carbonyl (C=O) groups is 2. The molecule has 0 fully saturated rings. The Morgan fingerprint density at radius 3 is 2.89 bits per heavy atom. The number of hydrogen-bond acceptors (Lipinski definition) is 4. The molecular formula is C13H13NO3S. The van der Waals surface area contributed by atoms with Crippen LogP contribution >= 0.6 is 11.3 Å². The average molecular weight is 263 g/mol. The zero-order valence-corrected chi connectivity index (χ0v) is 11.0. The molecule has 0 saturated carbocycles. The molecular weight excluding hydrogens is 250 g/mol. The van der Waals surface area contributed by atoms with Crippen LogP contribution in [0.25, 0.3) is 0 Å². The van der Waals surface area contributed by atoms with Crippen molar-refractivity contribution in [3.63, 3.8) is 0 Å². The maximum Gasteiger partial charge on any atom is 0.337 e. The lowest BCUT2D eigenvalue weighted by atomic mass is 9.86. The van der Waals surface area contributed by atoms with Crippen LogP contribution in [0.3, 0.4) is 0 Å². The number of thiophene rings is 1. The van der Waals surface area contributed by atoms with Crippen molar-refractivity contribution in [2.75, 3.05) is 0 Å². The molecule has 3 rings (SSSR count). The van der Waals surface area contributed by atoms with Crippen molar-refractivity contribution in [2.45, 2.75) is 31.8 Å². The summed E-state index contributed by atoms with van der Waals surface area (Å²) in [6, 6.07) is 3.88. The third-order valence-corrected chi connectivity index (χ3v) is 4.31. The van der Waals surface area contributed by atoms with E-state index in [1.54, 1.807) is 25.2 Å². The van der Waals surface area contributed by atoms with Crippen LogP contribution in [0.2, 0.25) is 0 Å². The minimum Gasteiger partial charge on any atom is -0.450 e. The van der Waals surface area contributed by atoms with Crippen LogP contribution in [0.5, 0.6) is 0 Å². The Morgan fingerprint density at radius 1 is 1.44 bits per heavy atom. The van der Waals surface area contributed by atoms with Crippen LogP contribution < -0.4 is 5.32 Å². The lowest BCUT2D eigenvalue weighted by Crippen LogP contribution is -2.38. The summed E-state index contributed by atoms with van der Waals surface area (Å²) in [5.41, 5.74) is 0.502. The van der Waals surface area contributed by atoms with E-state index in [9.17, 15) is 9.59 Å². The van der Waals surface area contributed by atoms with E-state index < -0.39 is 5.60 Å². The highest BCUT2D eigenvalue weighted by atomic mass is 32.1. The van der Waals surface area contributed by atoms with Gasteiger partial charge in [0.15, 0.2) is 0 Å².